The van der Waals surface area contributed by atoms with Gasteiger partial charge in [-0.3, -0.25) is 9.13 Å². The minimum absolute atomic E-state index is 0.267. The first-order chi connectivity index (χ1) is 12.1. The maximum atomic E-state index is 12.5. The number of hydrogen-bond donors (Lipinski definition) is 1. The van der Waals surface area contributed by atoms with E-state index in [4.69, 9.17) is 19.6 Å². The summed E-state index contributed by atoms with van der Waals surface area (Å²) in [6, 6.07) is 0. The van der Waals surface area contributed by atoms with E-state index in [-0.39, 0.29) is 12.4 Å². The highest BCUT2D eigenvalue weighted by molar-refractivity contribution is 7.53. The summed E-state index contributed by atoms with van der Waals surface area (Å²) < 4.78 is 24.8. The molecule has 2 aromatic rings. The van der Waals surface area contributed by atoms with Gasteiger partial charge in [-0.2, -0.15) is 0 Å². The molecule has 0 saturated carbocycles. The number of hydrogen-bond acceptors (Lipinski definition) is 9. The van der Waals surface area contributed by atoms with Crippen molar-refractivity contribution in [3.8, 4) is 0 Å². The first-order valence-corrected chi connectivity index (χ1v) is 9.81. The van der Waals surface area contributed by atoms with Crippen LogP contribution in [-0.4, -0.2) is 44.6 Å². The number of aromatic nitrogens is 4. The minimum atomic E-state index is -3.09. The molecule has 1 aliphatic heterocycles. The molecule has 0 amide bonds. The molecule has 1 aliphatic rings. The molecule has 0 saturated heterocycles. The molecule has 0 bridgehead atoms. The van der Waals surface area contributed by atoms with Crippen LogP contribution in [0.3, 0.4) is 0 Å². The Bertz CT molecular complexity index is 813. The van der Waals surface area contributed by atoms with Gasteiger partial charge in [0.1, 0.15) is 18.2 Å². The molecule has 0 aliphatic carbocycles. The smallest absolute Gasteiger partial charge is 0.331 e. The molecule has 0 spiro atoms. The maximum absolute atomic E-state index is 12.5. The number of rotatable bonds is 8. The third-order valence-electron chi connectivity index (χ3n) is 3.74. The number of anilines is 1. The van der Waals surface area contributed by atoms with Gasteiger partial charge < -0.3 is 19.6 Å². The van der Waals surface area contributed by atoms with Gasteiger partial charge in [0.25, 0.3) is 0 Å². The van der Waals surface area contributed by atoms with Crippen LogP contribution in [0.1, 0.15) is 32.9 Å². The number of nitrogen functional groups attached to an aromatic ring is 1. The molecule has 10 nitrogen and oxygen atoms in total. The van der Waals surface area contributed by atoms with Gasteiger partial charge in [-0.25, -0.2) is 15.0 Å². The van der Waals surface area contributed by atoms with Crippen molar-refractivity contribution in [2.24, 2.45) is 5.16 Å². The Labute approximate surface area is 144 Å². The number of nitrogens with two attached hydrogens (primary N) is 1. The van der Waals surface area contributed by atoms with Crippen molar-refractivity contribution in [3.63, 3.8) is 0 Å². The average Bonchev–Trinajstić information content (AvgIpc) is 3.20. The van der Waals surface area contributed by atoms with Crippen molar-refractivity contribution >= 4 is 30.3 Å². The van der Waals surface area contributed by atoms with Crippen molar-refractivity contribution in [1.29, 1.82) is 0 Å². The zero-order chi connectivity index (χ0) is 17.9. The van der Waals surface area contributed by atoms with Crippen molar-refractivity contribution in [1.82, 2.24) is 19.5 Å². The van der Waals surface area contributed by atoms with E-state index in [9.17, 15) is 4.57 Å². The fourth-order valence-electron chi connectivity index (χ4n) is 2.61. The normalized spacial score (nSPS) is 17.7. The molecule has 0 unspecified atom stereocenters. The van der Waals surface area contributed by atoms with E-state index in [1.165, 1.54) is 6.33 Å². The Morgan fingerprint density at radius 3 is 2.80 bits per heavy atom. The second kappa shape index (κ2) is 7.47. The number of fused-ring (bicyclic) bond motifs is 1. The first kappa shape index (κ1) is 17.8. The standard InChI is InChI=1S/C14H21N6O4P/c1-3-22-25(21,23-4-2)6-5-10-7-11(24-19-10)20-9-18-12-13(15)16-8-17-14(12)20/h8-9,11H,3-7H2,1-2H3,(H2,15,16,17)/t11-/m0/s1. The summed E-state index contributed by atoms with van der Waals surface area (Å²) in [5.74, 6) is 0.317. The van der Waals surface area contributed by atoms with E-state index < -0.39 is 7.60 Å². The summed E-state index contributed by atoms with van der Waals surface area (Å²) in [4.78, 5) is 17.8. The first-order valence-electron chi connectivity index (χ1n) is 8.09. The Balaban J connectivity index is 1.65. The number of imidazole rings is 1. The fraction of sp³-hybridized carbons (Fsp3) is 0.571. The molecule has 0 fully saturated rings. The topological polar surface area (TPSA) is 127 Å². The second-order valence-corrected chi connectivity index (χ2v) is 7.61. The summed E-state index contributed by atoms with van der Waals surface area (Å²) >= 11 is 0. The molecule has 2 N–H and O–H groups in total. The number of nitrogens with zero attached hydrogens (tertiary/aromatic N) is 5. The predicted molar refractivity (Wildman–Crippen MR) is 92.3 cm³/mol. The highest BCUT2D eigenvalue weighted by atomic mass is 31.2. The lowest BCUT2D eigenvalue weighted by atomic mass is 10.2. The third kappa shape index (κ3) is 3.81. The minimum Gasteiger partial charge on any atom is -0.382 e. The average molecular weight is 368 g/mol. The quantitative estimate of drug-likeness (QED) is 0.703. The Morgan fingerprint density at radius 1 is 1.32 bits per heavy atom. The lowest BCUT2D eigenvalue weighted by Crippen LogP contribution is -2.10. The van der Waals surface area contributed by atoms with Crippen LogP contribution in [-0.2, 0) is 18.5 Å². The summed E-state index contributed by atoms with van der Waals surface area (Å²) in [7, 11) is -3.09. The lowest BCUT2D eigenvalue weighted by molar-refractivity contribution is 0.0348. The van der Waals surface area contributed by atoms with E-state index in [1.807, 2.05) is 0 Å². The van der Waals surface area contributed by atoms with Crippen LogP contribution in [0.15, 0.2) is 17.8 Å². The Hall–Kier alpha value is -2.03. The Morgan fingerprint density at radius 2 is 2.08 bits per heavy atom. The highest BCUT2D eigenvalue weighted by Gasteiger charge is 2.29. The summed E-state index contributed by atoms with van der Waals surface area (Å²) in [5, 5.41) is 4.09. The molecule has 2 aromatic heterocycles. The molecule has 1 atom stereocenters. The SMILES string of the molecule is CCOP(=O)(CCC1=NO[C@H](n2cnc3c(N)ncnc32)C1)OCC. The third-order valence-corrected chi connectivity index (χ3v) is 5.81. The molecule has 3 rings (SSSR count). The van der Waals surface area contributed by atoms with E-state index >= 15 is 0 Å². The zero-order valence-electron chi connectivity index (χ0n) is 14.2. The summed E-state index contributed by atoms with van der Waals surface area (Å²) in [6.07, 6.45) is 3.89. The molecular weight excluding hydrogens is 347 g/mol. The van der Waals surface area contributed by atoms with Crippen molar-refractivity contribution < 1.29 is 18.5 Å². The van der Waals surface area contributed by atoms with Crippen molar-refractivity contribution in [2.75, 3.05) is 25.1 Å². The summed E-state index contributed by atoms with van der Waals surface area (Å²) in [6.45, 7) is 4.25. The maximum Gasteiger partial charge on any atom is 0.331 e. The van der Waals surface area contributed by atoms with Crippen molar-refractivity contribution in [2.45, 2.75) is 32.9 Å². The molecule has 3 heterocycles. The predicted octanol–water partition coefficient (Wildman–Crippen LogP) is 2.34. The fourth-order valence-corrected chi connectivity index (χ4v) is 4.27. The molecule has 136 valence electrons. The highest BCUT2D eigenvalue weighted by Crippen LogP contribution is 2.48. The van der Waals surface area contributed by atoms with E-state index in [1.54, 1.807) is 24.7 Å². The van der Waals surface area contributed by atoms with Gasteiger partial charge in [0, 0.05) is 12.8 Å². The van der Waals surface area contributed by atoms with Crippen LogP contribution in [0, 0.1) is 0 Å². The van der Waals surface area contributed by atoms with Crippen molar-refractivity contribution in [3.05, 3.63) is 12.7 Å². The van der Waals surface area contributed by atoms with Gasteiger partial charge in [0.2, 0.25) is 6.23 Å². The van der Waals surface area contributed by atoms with Crippen LogP contribution in [0.5, 0.6) is 0 Å². The van der Waals surface area contributed by atoms with Gasteiger partial charge in [-0.1, -0.05) is 5.16 Å². The number of oxime groups is 1. The zero-order valence-corrected chi connectivity index (χ0v) is 15.1. The molecule has 0 radical (unpaired) electrons. The largest absolute Gasteiger partial charge is 0.382 e. The lowest BCUT2D eigenvalue weighted by Gasteiger charge is -2.16. The van der Waals surface area contributed by atoms with Crippen LogP contribution in [0.25, 0.3) is 11.2 Å². The van der Waals surface area contributed by atoms with Gasteiger partial charge in [0.15, 0.2) is 11.5 Å². The van der Waals surface area contributed by atoms with Gasteiger partial charge in [0.05, 0.1) is 25.1 Å². The van der Waals surface area contributed by atoms with Crippen LogP contribution >= 0.6 is 7.60 Å². The second-order valence-electron chi connectivity index (χ2n) is 5.42. The molecule has 0 aromatic carbocycles. The van der Waals surface area contributed by atoms with E-state index in [0.717, 1.165) is 5.71 Å². The van der Waals surface area contributed by atoms with E-state index in [2.05, 4.69) is 20.1 Å². The van der Waals surface area contributed by atoms with Crippen LogP contribution in [0.4, 0.5) is 5.82 Å². The van der Waals surface area contributed by atoms with E-state index in [0.29, 0.717) is 43.0 Å². The van der Waals surface area contributed by atoms with Gasteiger partial charge >= 0.3 is 7.60 Å². The van der Waals surface area contributed by atoms with Crippen LogP contribution in [0.2, 0.25) is 0 Å². The Kier molecular flexibility index (Phi) is 5.31. The molecule has 11 heteroatoms. The van der Waals surface area contributed by atoms with Gasteiger partial charge in [-0.05, 0) is 13.8 Å². The summed E-state index contributed by atoms with van der Waals surface area (Å²) in [5.41, 5.74) is 7.69. The monoisotopic (exact) mass is 368 g/mol. The van der Waals surface area contributed by atoms with Gasteiger partial charge in [-0.15, -0.1) is 0 Å². The molecule has 25 heavy (non-hydrogen) atoms. The van der Waals surface area contributed by atoms with Crippen LogP contribution < -0.4 is 5.73 Å². The molecular formula is C14H21N6O4P.